The van der Waals surface area contributed by atoms with Gasteiger partial charge in [0.05, 0.1) is 0 Å². The minimum atomic E-state index is 0.807. The number of halogens is 1. The molecule has 1 atom stereocenters. The molecule has 3 heteroatoms. The molecule has 0 bridgehead atoms. The van der Waals surface area contributed by atoms with Crippen molar-refractivity contribution in [2.45, 2.75) is 38.1 Å². The second kappa shape index (κ2) is 6.21. The molecule has 0 spiro atoms. The topological polar surface area (TPSA) is 6.48 Å². The lowest BCUT2D eigenvalue weighted by molar-refractivity contribution is 0.145. The van der Waals surface area contributed by atoms with Crippen molar-refractivity contribution in [1.29, 1.82) is 0 Å². The molecule has 0 aromatic carbocycles. The average Bonchev–Trinajstić information content (AvgIpc) is 2.79. The monoisotopic (exact) mass is 274 g/mol. The van der Waals surface area contributed by atoms with Gasteiger partial charge in [0.25, 0.3) is 0 Å². The molecule has 0 saturated carbocycles. The van der Waals surface area contributed by atoms with Gasteiger partial charge in [-0.15, -0.1) is 0 Å². The predicted octanol–water partition coefficient (Wildman–Crippen LogP) is 2.33. The van der Waals surface area contributed by atoms with Gasteiger partial charge in [-0.3, -0.25) is 4.90 Å². The minimum absolute atomic E-state index is 0.807. The fraction of sp³-hybridized carbons (Fsp3) is 1.00. The maximum atomic E-state index is 3.65. The highest BCUT2D eigenvalue weighted by Crippen LogP contribution is 2.18. The highest BCUT2D eigenvalue weighted by molar-refractivity contribution is 9.09. The van der Waals surface area contributed by atoms with Crippen LogP contribution in [-0.2, 0) is 0 Å². The van der Waals surface area contributed by atoms with Crippen LogP contribution in [0.2, 0.25) is 0 Å². The van der Waals surface area contributed by atoms with Gasteiger partial charge >= 0.3 is 0 Å². The van der Waals surface area contributed by atoms with E-state index in [1.165, 1.54) is 64.8 Å². The summed E-state index contributed by atoms with van der Waals surface area (Å²) in [6.07, 6.45) is 7.06. The smallest absolute Gasteiger partial charge is 0.0193 e. The summed E-state index contributed by atoms with van der Waals surface area (Å²) >= 11 is 3.65. The van der Waals surface area contributed by atoms with Crippen LogP contribution in [0.25, 0.3) is 0 Å². The van der Waals surface area contributed by atoms with Crippen molar-refractivity contribution < 1.29 is 0 Å². The SMILES string of the molecule is BrCC1CCCCN1CCN1CCCC1. The number of hydrogen-bond donors (Lipinski definition) is 0. The van der Waals surface area contributed by atoms with Gasteiger partial charge in [-0.25, -0.2) is 0 Å². The molecule has 2 aliphatic heterocycles. The van der Waals surface area contributed by atoms with Crippen molar-refractivity contribution in [3.8, 4) is 0 Å². The van der Waals surface area contributed by atoms with Crippen LogP contribution in [-0.4, -0.2) is 53.9 Å². The summed E-state index contributed by atoms with van der Waals surface area (Å²) in [6.45, 7) is 6.59. The normalized spacial score (nSPS) is 29.8. The van der Waals surface area contributed by atoms with Crippen molar-refractivity contribution in [2.24, 2.45) is 0 Å². The zero-order chi connectivity index (χ0) is 10.5. The molecule has 15 heavy (non-hydrogen) atoms. The lowest BCUT2D eigenvalue weighted by atomic mass is 10.0. The number of alkyl halides is 1. The van der Waals surface area contributed by atoms with E-state index >= 15 is 0 Å². The molecular weight excluding hydrogens is 252 g/mol. The fourth-order valence-corrected chi connectivity index (χ4v) is 3.54. The van der Waals surface area contributed by atoms with E-state index in [1.807, 2.05) is 0 Å². The van der Waals surface area contributed by atoms with Gasteiger partial charge in [0.15, 0.2) is 0 Å². The Morgan fingerprint density at radius 1 is 0.933 bits per heavy atom. The van der Waals surface area contributed by atoms with Gasteiger partial charge < -0.3 is 4.90 Å². The fourth-order valence-electron chi connectivity index (χ4n) is 2.81. The molecule has 2 fully saturated rings. The third-order valence-corrected chi connectivity index (χ3v) is 4.58. The van der Waals surface area contributed by atoms with Crippen LogP contribution in [0, 0.1) is 0 Å². The second-order valence-electron chi connectivity index (χ2n) is 4.89. The van der Waals surface area contributed by atoms with Crippen LogP contribution in [0.15, 0.2) is 0 Å². The van der Waals surface area contributed by atoms with E-state index in [-0.39, 0.29) is 0 Å². The second-order valence-corrected chi connectivity index (χ2v) is 5.54. The average molecular weight is 275 g/mol. The molecule has 0 radical (unpaired) electrons. The first-order valence-corrected chi connectivity index (χ1v) is 7.54. The minimum Gasteiger partial charge on any atom is -0.302 e. The molecule has 2 heterocycles. The molecule has 88 valence electrons. The molecule has 2 rings (SSSR count). The van der Waals surface area contributed by atoms with Crippen LogP contribution in [0.4, 0.5) is 0 Å². The first-order chi connectivity index (χ1) is 7.40. The Morgan fingerprint density at radius 2 is 1.67 bits per heavy atom. The highest BCUT2D eigenvalue weighted by Gasteiger charge is 2.22. The molecule has 0 aromatic heterocycles. The Kier molecular flexibility index (Phi) is 4.92. The lowest BCUT2D eigenvalue weighted by Crippen LogP contribution is -2.44. The third-order valence-electron chi connectivity index (χ3n) is 3.83. The Hall–Kier alpha value is 0.400. The Bertz CT molecular complexity index is 180. The number of piperidine rings is 1. The molecule has 1 unspecified atom stereocenters. The summed E-state index contributed by atoms with van der Waals surface area (Å²) < 4.78 is 0. The van der Waals surface area contributed by atoms with Crippen molar-refractivity contribution in [1.82, 2.24) is 9.80 Å². The van der Waals surface area contributed by atoms with Crippen LogP contribution in [0.3, 0.4) is 0 Å². The molecule has 2 nitrogen and oxygen atoms in total. The van der Waals surface area contributed by atoms with E-state index < -0.39 is 0 Å². The van der Waals surface area contributed by atoms with Gasteiger partial charge in [-0.2, -0.15) is 0 Å². The first kappa shape index (κ1) is 11.9. The maximum absolute atomic E-state index is 3.65. The number of hydrogen-bond acceptors (Lipinski definition) is 2. The standard InChI is InChI=1S/C12H23BrN2/c13-11-12-5-1-2-8-15(12)10-9-14-6-3-4-7-14/h12H,1-11H2. The first-order valence-electron chi connectivity index (χ1n) is 6.42. The van der Waals surface area contributed by atoms with Crippen LogP contribution in [0.5, 0.6) is 0 Å². The van der Waals surface area contributed by atoms with E-state index in [0.29, 0.717) is 0 Å². The molecule has 2 aliphatic rings. The number of rotatable bonds is 4. The lowest BCUT2D eigenvalue weighted by Gasteiger charge is -2.35. The summed E-state index contributed by atoms with van der Waals surface area (Å²) in [5, 5.41) is 1.16. The van der Waals surface area contributed by atoms with Crippen LogP contribution >= 0.6 is 15.9 Å². The van der Waals surface area contributed by atoms with Gasteiger partial charge in [-0.1, -0.05) is 22.4 Å². The van der Waals surface area contributed by atoms with Crippen LogP contribution < -0.4 is 0 Å². The Labute approximate surface area is 102 Å². The molecule has 0 N–H and O–H groups in total. The molecule has 2 saturated heterocycles. The van der Waals surface area contributed by atoms with E-state index in [2.05, 4.69) is 25.7 Å². The highest BCUT2D eigenvalue weighted by atomic mass is 79.9. The third kappa shape index (κ3) is 3.43. The Balaban J connectivity index is 1.71. The van der Waals surface area contributed by atoms with Crippen molar-refractivity contribution >= 4 is 15.9 Å². The summed E-state index contributed by atoms with van der Waals surface area (Å²) in [5.41, 5.74) is 0. The van der Waals surface area contributed by atoms with Gasteiger partial charge in [0, 0.05) is 24.5 Å². The molecule has 0 amide bonds. The van der Waals surface area contributed by atoms with E-state index in [1.54, 1.807) is 0 Å². The number of likely N-dealkylation sites (tertiary alicyclic amines) is 2. The summed E-state index contributed by atoms with van der Waals surface area (Å²) in [4.78, 5) is 5.32. The van der Waals surface area contributed by atoms with Crippen LogP contribution in [0.1, 0.15) is 32.1 Å². The largest absolute Gasteiger partial charge is 0.302 e. The Morgan fingerprint density at radius 3 is 2.40 bits per heavy atom. The van der Waals surface area contributed by atoms with Crippen molar-refractivity contribution in [3.05, 3.63) is 0 Å². The zero-order valence-corrected chi connectivity index (χ0v) is 11.2. The maximum Gasteiger partial charge on any atom is 0.0193 e. The van der Waals surface area contributed by atoms with E-state index in [4.69, 9.17) is 0 Å². The predicted molar refractivity (Wildman–Crippen MR) is 68.7 cm³/mol. The van der Waals surface area contributed by atoms with Gasteiger partial charge in [0.2, 0.25) is 0 Å². The van der Waals surface area contributed by atoms with E-state index in [0.717, 1.165) is 11.4 Å². The van der Waals surface area contributed by atoms with Crippen molar-refractivity contribution in [2.75, 3.05) is 38.1 Å². The van der Waals surface area contributed by atoms with E-state index in [9.17, 15) is 0 Å². The quantitative estimate of drug-likeness (QED) is 0.727. The zero-order valence-electron chi connectivity index (χ0n) is 9.63. The van der Waals surface area contributed by atoms with Crippen molar-refractivity contribution in [3.63, 3.8) is 0 Å². The summed E-state index contributed by atoms with van der Waals surface area (Å²) in [7, 11) is 0. The summed E-state index contributed by atoms with van der Waals surface area (Å²) in [5.74, 6) is 0. The molecule has 0 aliphatic carbocycles. The van der Waals surface area contributed by atoms with Gasteiger partial charge in [0.1, 0.15) is 0 Å². The van der Waals surface area contributed by atoms with Gasteiger partial charge in [-0.05, 0) is 45.3 Å². The number of nitrogens with zero attached hydrogens (tertiary/aromatic N) is 2. The molecule has 0 aromatic rings. The summed E-state index contributed by atoms with van der Waals surface area (Å²) in [6, 6.07) is 0.807. The molecular formula is C12H23BrN2.